The Morgan fingerprint density at radius 3 is 2.75 bits per heavy atom. The highest BCUT2D eigenvalue weighted by Gasteiger charge is 2.34. The smallest absolute Gasteiger partial charge is 0.226 e. The quantitative estimate of drug-likeness (QED) is 0.446. The molecule has 0 spiro atoms. The van der Waals surface area contributed by atoms with Gasteiger partial charge in [0.15, 0.2) is 0 Å². The van der Waals surface area contributed by atoms with Crippen LogP contribution in [0.3, 0.4) is 0 Å². The summed E-state index contributed by atoms with van der Waals surface area (Å²) in [6.45, 7) is 4.53. The first-order valence-electron chi connectivity index (χ1n) is 14.3. The van der Waals surface area contributed by atoms with E-state index in [1.807, 2.05) is 12.3 Å². The first-order chi connectivity index (χ1) is 19.4. The van der Waals surface area contributed by atoms with Crippen LogP contribution in [0.1, 0.15) is 40.8 Å². The molecule has 1 saturated heterocycles. The summed E-state index contributed by atoms with van der Waals surface area (Å²) in [6, 6.07) is 4.69. The number of likely N-dealkylation sites (tertiary alicyclic amines) is 1. The van der Waals surface area contributed by atoms with E-state index in [2.05, 4.69) is 62.2 Å². The molecule has 1 amide bonds. The number of aromatic nitrogens is 2. The molecule has 9 nitrogen and oxygen atoms in total. The predicted octanol–water partition coefficient (Wildman–Crippen LogP) is 3.97. The van der Waals surface area contributed by atoms with Crippen LogP contribution < -0.4 is 10.1 Å². The van der Waals surface area contributed by atoms with Crippen LogP contribution in [-0.4, -0.2) is 97.3 Å². The molecule has 0 bridgehead atoms. The SMILES string of the molecule is COc1cc2c(cc1Nc1ncnc3sc4c(c13)CC[C@H](C(=O)N1CCC(N(C)CCN(C)C)CC1)C4)C=NC2. The predicted molar refractivity (Wildman–Crippen MR) is 161 cm³/mol. The maximum absolute atomic E-state index is 13.6. The van der Waals surface area contributed by atoms with Gasteiger partial charge in [-0.2, -0.15) is 0 Å². The monoisotopic (exact) mass is 561 g/mol. The van der Waals surface area contributed by atoms with Crippen molar-refractivity contribution in [1.29, 1.82) is 0 Å². The highest BCUT2D eigenvalue weighted by molar-refractivity contribution is 7.19. The Kier molecular flexibility index (Phi) is 7.74. The summed E-state index contributed by atoms with van der Waals surface area (Å²) in [5.41, 5.74) is 4.43. The second-order valence-corrected chi connectivity index (χ2v) is 12.6. The number of nitrogens with one attached hydrogen (secondary N) is 1. The number of rotatable bonds is 8. The molecule has 4 heterocycles. The second-order valence-electron chi connectivity index (χ2n) is 11.5. The number of anilines is 2. The molecule has 212 valence electrons. The van der Waals surface area contributed by atoms with Gasteiger partial charge in [0.05, 0.1) is 24.7 Å². The topological polar surface area (TPSA) is 86.2 Å². The van der Waals surface area contributed by atoms with Crippen molar-refractivity contribution in [3.63, 3.8) is 0 Å². The van der Waals surface area contributed by atoms with Crippen molar-refractivity contribution >= 4 is 45.2 Å². The van der Waals surface area contributed by atoms with E-state index in [1.165, 1.54) is 16.0 Å². The Morgan fingerprint density at radius 2 is 1.98 bits per heavy atom. The molecular weight excluding hydrogens is 522 g/mol. The lowest BCUT2D eigenvalue weighted by Gasteiger charge is -2.38. The standard InChI is InChI=1S/C30H39N7O2S/c1-35(2)11-12-36(3)22-7-9-37(10-8-22)30(38)19-5-6-23-26(15-19)40-29-27(23)28(32-18-33-29)34-24-13-20-16-31-17-21(20)14-25(24)39-4/h13-14,16,18-19,22H,5-12,15,17H2,1-4H3,(H,32,33,34)/t19-/m0/s1. The fraction of sp³-hybridized carbons (Fsp3) is 0.533. The van der Waals surface area contributed by atoms with Gasteiger partial charge in [-0.25, -0.2) is 9.97 Å². The number of fused-ring (bicyclic) bond motifs is 4. The van der Waals surface area contributed by atoms with Crippen LogP contribution in [-0.2, 0) is 24.2 Å². The van der Waals surface area contributed by atoms with Gasteiger partial charge in [0.2, 0.25) is 5.91 Å². The Bertz CT molecular complexity index is 1430. The summed E-state index contributed by atoms with van der Waals surface area (Å²) in [5.74, 6) is 1.94. The van der Waals surface area contributed by atoms with Crippen molar-refractivity contribution in [2.24, 2.45) is 10.9 Å². The summed E-state index contributed by atoms with van der Waals surface area (Å²) < 4.78 is 5.68. The average Bonchev–Trinajstić information content (AvgIpc) is 3.59. The van der Waals surface area contributed by atoms with E-state index in [4.69, 9.17) is 4.74 Å². The molecule has 3 aromatic rings. The van der Waals surface area contributed by atoms with Crippen LogP contribution in [0.4, 0.5) is 11.5 Å². The fourth-order valence-electron chi connectivity index (χ4n) is 6.27. The number of aryl methyl sites for hydroxylation is 1. The van der Waals surface area contributed by atoms with Gasteiger partial charge in [0.1, 0.15) is 22.7 Å². The van der Waals surface area contributed by atoms with Gasteiger partial charge in [-0.3, -0.25) is 9.79 Å². The molecule has 0 radical (unpaired) electrons. The molecule has 1 aliphatic carbocycles. The molecule has 6 rings (SSSR count). The minimum absolute atomic E-state index is 0.0454. The number of thiophene rings is 1. The molecule has 2 aliphatic heterocycles. The highest BCUT2D eigenvalue weighted by atomic mass is 32.1. The normalized spacial score (nSPS) is 18.9. The molecule has 0 unspecified atom stereocenters. The van der Waals surface area contributed by atoms with Crippen molar-refractivity contribution in [2.75, 3.05) is 59.7 Å². The number of benzene rings is 1. The van der Waals surface area contributed by atoms with Crippen LogP contribution in [0.5, 0.6) is 5.75 Å². The lowest BCUT2D eigenvalue weighted by atomic mass is 9.86. The van der Waals surface area contributed by atoms with E-state index >= 15 is 0 Å². The summed E-state index contributed by atoms with van der Waals surface area (Å²) in [4.78, 5) is 36.3. The molecule has 0 saturated carbocycles. The van der Waals surface area contributed by atoms with Crippen molar-refractivity contribution in [1.82, 2.24) is 24.7 Å². The van der Waals surface area contributed by atoms with Crippen LogP contribution in [0.15, 0.2) is 23.5 Å². The number of hydrogen-bond acceptors (Lipinski definition) is 9. The van der Waals surface area contributed by atoms with Gasteiger partial charge in [0.25, 0.3) is 0 Å². The van der Waals surface area contributed by atoms with Gasteiger partial charge in [-0.15, -0.1) is 11.3 Å². The zero-order valence-electron chi connectivity index (χ0n) is 23.9. The summed E-state index contributed by atoms with van der Waals surface area (Å²) in [6.07, 6.45) is 8.16. The summed E-state index contributed by atoms with van der Waals surface area (Å²) in [7, 11) is 8.14. The van der Waals surface area contributed by atoms with Crippen LogP contribution in [0.2, 0.25) is 0 Å². The number of piperidine rings is 1. The number of carbonyl (C=O) groups excluding carboxylic acids is 1. The van der Waals surface area contributed by atoms with Crippen molar-refractivity contribution in [3.05, 3.63) is 40.0 Å². The summed E-state index contributed by atoms with van der Waals surface area (Å²) >= 11 is 1.71. The fourth-order valence-corrected chi connectivity index (χ4v) is 7.54. The molecule has 2 aromatic heterocycles. The zero-order chi connectivity index (χ0) is 27.8. The number of amides is 1. The first kappa shape index (κ1) is 27.1. The van der Waals surface area contributed by atoms with Gasteiger partial charge >= 0.3 is 0 Å². The minimum Gasteiger partial charge on any atom is -0.495 e. The highest BCUT2D eigenvalue weighted by Crippen LogP contribution is 2.42. The maximum Gasteiger partial charge on any atom is 0.226 e. The third kappa shape index (κ3) is 5.32. The molecule has 1 fully saturated rings. The van der Waals surface area contributed by atoms with E-state index in [9.17, 15) is 4.79 Å². The average molecular weight is 562 g/mol. The molecule has 1 aromatic carbocycles. The molecule has 1 atom stereocenters. The number of likely N-dealkylation sites (N-methyl/N-ethyl adjacent to an activating group) is 2. The van der Waals surface area contributed by atoms with E-state index in [1.54, 1.807) is 24.8 Å². The lowest BCUT2D eigenvalue weighted by molar-refractivity contribution is -0.137. The third-order valence-corrected chi connectivity index (χ3v) is 9.86. The molecular formula is C30H39N7O2S. The van der Waals surface area contributed by atoms with Gasteiger partial charge in [-0.1, -0.05) is 0 Å². The van der Waals surface area contributed by atoms with E-state index < -0.39 is 0 Å². The van der Waals surface area contributed by atoms with Gasteiger partial charge in [0, 0.05) is 49.2 Å². The number of carbonyl (C=O) groups is 1. The molecule has 10 heteroatoms. The number of ether oxygens (including phenoxy) is 1. The number of methoxy groups -OCH3 is 1. The zero-order valence-corrected chi connectivity index (χ0v) is 24.8. The van der Waals surface area contributed by atoms with E-state index in [-0.39, 0.29) is 5.92 Å². The lowest BCUT2D eigenvalue weighted by Crippen LogP contribution is -2.48. The summed E-state index contributed by atoms with van der Waals surface area (Å²) in [5, 5.41) is 4.61. The molecule has 1 N–H and O–H groups in total. The van der Waals surface area contributed by atoms with E-state index in [0.717, 1.165) is 91.3 Å². The largest absolute Gasteiger partial charge is 0.495 e. The Morgan fingerprint density at radius 1 is 1.15 bits per heavy atom. The Labute approximate surface area is 240 Å². The van der Waals surface area contributed by atoms with E-state index in [0.29, 0.717) is 18.5 Å². The van der Waals surface area contributed by atoms with Crippen LogP contribution in [0, 0.1) is 5.92 Å². The molecule has 40 heavy (non-hydrogen) atoms. The van der Waals surface area contributed by atoms with Crippen LogP contribution >= 0.6 is 11.3 Å². The second kappa shape index (κ2) is 11.4. The van der Waals surface area contributed by atoms with Crippen molar-refractivity contribution in [2.45, 2.75) is 44.7 Å². The first-order valence-corrected chi connectivity index (χ1v) is 15.1. The third-order valence-electron chi connectivity index (χ3n) is 8.70. The minimum atomic E-state index is 0.0454. The number of aliphatic imine (C=N–C) groups is 1. The number of hydrogen-bond donors (Lipinski definition) is 1. The Hall–Kier alpha value is -3.08. The Balaban J connectivity index is 1.15. The van der Waals surface area contributed by atoms with Crippen molar-refractivity contribution < 1.29 is 9.53 Å². The van der Waals surface area contributed by atoms with Gasteiger partial charge < -0.3 is 24.8 Å². The number of nitrogens with zero attached hydrogens (tertiary/aromatic N) is 6. The van der Waals surface area contributed by atoms with Crippen LogP contribution in [0.25, 0.3) is 10.2 Å². The molecule has 3 aliphatic rings. The maximum atomic E-state index is 13.6. The van der Waals surface area contributed by atoms with Crippen molar-refractivity contribution in [3.8, 4) is 5.75 Å². The van der Waals surface area contributed by atoms with Gasteiger partial charge in [-0.05, 0) is 82.1 Å².